The number of esters is 2. The van der Waals surface area contributed by atoms with E-state index in [1.807, 2.05) is 60.7 Å². The van der Waals surface area contributed by atoms with Crippen molar-refractivity contribution in [2.24, 2.45) is 5.41 Å². The van der Waals surface area contributed by atoms with E-state index in [0.717, 1.165) is 49.9 Å². The highest BCUT2D eigenvalue weighted by Crippen LogP contribution is 2.44. The maximum absolute atomic E-state index is 15.3. The van der Waals surface area contributed by atoms with Crippen molar-refractivity contribution >= 4 is 11.9 Å². The van der Waals surface area contributed by atoms with Gasteiger partial charge >= 0.3 is 11.9 Å². The topological polar surface area (TPSA) is 59.1 Å². The van der Waals surface area contributed by atoms with Crippen LogP contribution in [0, 0.1) is 5.41 Å². The van der Waals surface area contributed by atoms with Crippen LogP contribution in [0.25, 0.3) is 0 Å². The van der Waals surface area contributed by atoms with Crippen LogP contribution < -0.4 is 0 Å². The molecule has 2 aromatic rings. The maximum Gasteiger partial charge on any atom is 0.324 e. The number of nitrogens with zero attached hydrogens (tertiary/aromatic N) is 2. The Morgan fingerprint density at radius 2 is 0.708 bits per heavy atom. The third-order valence-electron chi connectivity index (χ3n) is 15.3. The summed E-state index contributed by atoms with van der Waals surface area (Å²) in [4.78, 5) is 36.0. The minimum absolute atomic E-state index is 0.174. The Morgan fingerprint density at radius 1 is 0.446 bits per heavy atom. The van der Waals surface area contributed by atoms with Gasteiger partial charge in [-0.05, 0) is 105 Å². The Morgan fingerprint density at radius 3 is 0.985 bits per heavy atom. The highest BCUT2D eigenvalue weighted by molar-refractivity contribution is 6.01. The number of piperidine rings is 2. The molecule has 368 valence electrons. The molecule has 0 N–H and O–H groups in total. The predicted octanol–water partition coefficient (Wildman–Crippen LogP) is 15.4. The zero-order valence-electron chi connectivity index (χ0n) is 43.8. The minimum Gasteiger partial charge on any atom is -0.461 e. The molecule has 0 amide bonds. The molecule has 0 spiro atoms. The number of rotatable bonds is 30. The van der Waals surface area contributed by atoms with E-state index < -0.39 is 17.4 Å². The van der Waals surface area contributed by atoms with E-state index in [0.29, 0.717) is 0 Å². The zero-order chi connectivity index (χ0) is 47.4. The molecular weight excluding hydrogens is 801 g/mol. The molecule has 6 heteroatoms. The Balaban J connectivity index is 1.47. The summed E-state index contributed by atoms with van der Waals surface area (Å²) >= 11 is 0. The molecule has 65 heavy (non-hydrogen) atoms. The van der Waals surface area contributed by atoms with Gasteiger partial charge in [-0.1, -0.05) is 190 Å². The molecule has 2 aromatic carbocycles. The van der Waals surface area contributed by atoms with Crippen molar-refractivity contribution in [3.8, 4) is 0 Å². The average molecular weight is 899 g/mol. The third-order valence-corrected chi connectivity index (χ3v) is 15.3. The zero-order valence-corrected chi connectivity index (χ0v) is 43.8. The summed E-state index contributed by atoms with van der Waals surface area (Å²) in [6, 6.07) is 20.0. The second-order valence-corrected chi connectivity index (χ2v) is 23.2. The number of benzene rings is 2. The van der Waals surface area contributed by atoms with Crippen molar-refractivity contribution in [2.45, 2.75) is 271 Å². The summed E-state index contributed by atoms with van der Waals surface area (Å²) in [6.45, 7) is 25.1. The van der Waals surface area contributed by atoms with Crippen LogP contribution in [-0.2, 0) is 31.9 Å². The van der Waals surface area contributed by atoms with Crippen molar-refractivity contribution in [2.75, 3.05) is 13.1 Å². The fourth-order valence-electron chi connectivity index (χ4n) is 12.2. The summed E-state index contributed by atoms with van der Waals surface area (Å²) in [7, 11) is 0. The maximum atomic E-state index is 15.3. The molecule has 0 aromatic heterocycles. The second-order valence-electron chi connectivity index (χ2n) is 23.2. The van der Waals surface area contributed by atoms with E-state index in [-0.39, 0.29) is 47.2 Å². The standard InChI is InChI=1S/C59H98N2O4/c1-11-13-15-17-19-21-23-25-27-35-41-60-55(3,4)45-51(46-56(60,5)6)64-53(62)59(43-49-37-31-29-32-38-49,44-50-39-33-30-34-40-50)54(63)65-52-47-57(7,8)61(58(9,10)48-52)42-36-28-26-24-22-20-18-16-14-12-2/h29-34,37-40,51-52H,11-28,35-36,41-48H2,1-10H3. The summed E-state index contributed by atoms with van der Waals surface area (Å²) in [5, 5.41) is 0. The van der Waals surface area contributed by atoms with E-state index in [2.05, 4.69) is 79.0 Å². The van der Waals surface area contributed by atoms with Crippen LogP contribution in [0.1, 0.15) is 234 Å². The fourth-order valence-corrected chi connectivity index (χ4v) is 12.2. The van der Waals surface area contributed by atoms with Crippen LogP contribution in [0.4, 0.5) is 0 Å². The van der Waals surface area contributed by atoms with Crippen molar-refractivity contribution in [1.29, 1.82) is 0 Å². The average Bonchev–Trinajstić information content (AvgIpc) is 3.23. The van der Waals surface area contributed by atoms with Gasteiger partial charge in [0.1, 0.15) is 12.2 Å². The van der Waals surface area contributed by atoms with Gasteiger partial charge in [-0.2, -0.15) is 0 Å². The lowest BCUT2D eigenvalue weighted by Crippen LogP contribution is -2.63. The van der Waals surface area contributed by atoms with E-state index in [1.165, 1.54) is 128 Å². The number of unbranched alkanes of at least 4 members (excludes halogenated alkanes) is 18. The smallest absolute Gasteiger partial charge is 0.324 e. The summed E-state index contributed by atoms with van der Waals surface area (Å²) in [5.41, 5.74) is -0.390. The molecule has 0 bridgehead atoms. The largest absolute Gasteiger partial charge is 0.461 e. The Hall–Kier alpha value is -2.70. The number of hydrogen-bond donors (Lipinski definition) is 0. The van der Waals surface area contributed by atoms with Gasteiger partial charge in [0.25, 0.3) is 0 Å². The quantitative estimate of drug-likeness (QED) is 0.0442. The molecule has 2 saturated heterocycles. The van der Waals surface area contributed by atoms with Crippen LogP contribution in [-0.4, -0.2) is 69.2 Å². The lowest BCUT2D eigenvalue weighted by molar-refractivity contribution is -0.188. The first-order valence-electron chi connectivity index (χ1n) is 27.0. The summed E-state index contributed by atoms with van der Waals surface area (Å²) in [5.74, 6) is -0.904. The molecule has 2 aliphatic rings. The molecule has 2 heterocycles. The number of carbonyl (C=O) groups is 2. The van der Waals surface area contributed by atoms with Crippen LogP contribution in [0.5, 0.6) is 0 Å². The van der Waals surface area contributed by atoms with Crippen LogP contribution in [0.3, 0.4) is 0 Å². The van der Waals surface area contributed by atoms with Gasteiger partial charge in [0.15, 0.2) is 5.41 Å². The monoisotopic (exact) mass is 899 g/mol. The summed E-state index contributed by atoms with van der Waals surface area (Å²) in [6.07, 6.45) is 29.2. The molecule has 0 atom stereocenters. The molecule has 2 aliphatic heterocycles. The highest BCUT2D eigenvalue weighted by Gasteiger charge is 2.54. The number of hydrogen-bond acceptors (Lipinski definition) is 6. The molecule has 6 nitrogen and oxygen atoms in total. The second kappa shape index (κ2) is 26.7. The van der Waals surface area contributed by atoms with Gasteiger partial charge in [0.2, 0.25) is 0 Å². The first-order chi connectivity index (χ1) is 31.0. The molecule has 0 radical (unpaired) electrons. The molecule has 0 aliphatic carbocycles. The third kappa shape index (κ3) is 17.4. The molecule has 4 rings (SSSR count). The number of ether oxygens (including phenoxy) is 2. The Bertz CT molecular complexity index is 1480. The lowest BCUT2D eigenvalue weighted by atomic mass is 9.74. The fraction of sp³-hybridized carbons (Fsp3) is 0.763. The van der Waals surface area contributed by atoms with E-state index in [1.54, 1.807) is 0 Å². The van der Waals surface area contributed by atoms with Crippen molar-refractivity contribution in [3.63, 3.8) is 0 Å². The van der Waals surface area contributed by atoms with E-state index in [9.17, 15) is 0 Å². The van der Waals surface area contributed by atoms with Gasteiger partial charge in [-0.3, -0.25) is 19.4 Å². The van der Waals surface area contributed by atoms with Crippen LogP contribution >= 0.6 is 0 Å². The minimum atomic E-state index is -1.55. The van der Waals surface area contributed by atoms with Gasteiger partial charge in [-0.25, -0.2) is 0 Å². The van der Waals surface area contributed by atoms with Gasteiger partial charge in [0, 0.05) is 47.8 Å². The molecular formula is C59H98N2O4. The van der Waals surface area contributed by atoms with Crippen molar-refractivity contribution in [3.05, 3.63) is 71.8 Å². The van der Waals surface area contributed by atoms with Gasteiger partial charge in [-0.15, -0.1) is 0 Å². The van der Waals surface area contributed by atoms with Crippen molar-refractivity contribution < 1.29 is 19.1 Å². The normalized spacial score (nSPS) is 19.0. The van der Waals surface area contributed by atoms with Gasteiger partial charge in [0.05, 0.1) is 0 Å². The van der Waals surface area contributed by atoms with Crippen molar-refractivity contribution in [1.82, 2.24) is 9.80 Å². The first kappa shape index (κ1) is 54.9. The number of carbonyl (C=O) groups excluding carboxylic acids is 2. The van der Waals surface area contributed by atoms with Crippen LogP contribution in [0.2, 0.25) is 0 Å². The summed E-state index contributed by atoms with van der Waals surface area (Å²) < 4.78 is 13.5. The Kier molecular flexibility index (Phi) is 22.6. The number of likely N-dealkylation sites (tertiary alicyclic amines) is 2. The van der Waals surface area contributed by atoms with Crippen LogP contribution in [0.15, 0.2) is 60.7 Å². The Labute approximate surface area is 400 Å². The molecule has 2 fully saturated rings. The highest BCUT2D eigenvalue weighted by atomic mass is 16.6. The molecule has 0 saturated carbocycles. The lowest BCUT2D eigenvalue weighted by Gasteiger charge is -2.55. The van der Waals surface area contributed by atoms with E-state index in [4.69, 9.17) is 9.47 Å². The predicted molar refractivity (Wildman–Crippen MR) is 274 cm³/mol. The first-order valence-corrected chi connectivity index (χ1v) is 27.0. The SMILES string of the molecule is CCCCCCCCCCCCN1C(C)(C)CC(OC(=O)C(Cc2ccccc2)(Cc2ccccc2)C(=O)OC2CC(C)(C)N(CCCCCCCCCCCC)C(C)(C)C2)CC1(C)C. The molecule has 0 unspecified atom stereocenters. The van der Waals surface area contributed by atoms with E-state index >= 15 is 9.59 Å². The van der Waals surface area contributed by atoms with Gasteiger partial charge < -0.3 is 9.47 Å².